The van der Waals surface area contributed by atoms with Crippen molar-refractivity contribution < 1.29 is 23.5 Å². The van der Waals surface area contributed by atoms with Gasteiger partial charge in [0.1, 0.15) is 11.6 Å². The molecule has 132 valence electrons. The van der Waals surface area contributed by atoms with Gasteiger partial charge < -0.3 is 14.8 Å². The fraction of sp³-hybridized carbons (Fsp3) is 0.176. The van der Waals surface area contributed by atoms with Crippen molar-refractivity contribution >= 4 is 40.8 Å². The van der Waals surface area contributed by atoms with Crippen LogP contribution in [0.2, 0.25) is 10.0 Å². The topological polar surface area (TPSA) is 64.6 Å². The Morgan fingerprint density at radius 1 is 1.12 bits per heavy atom. The zero-order chi connectivity index (χ0) is 18.4. The van der Waals surface area contributed by atoms with E-state index in [0.717, 1.165) is 11.6 Å². The first-order chi connectivity index (χ1) is 11.8. The molecular formula is C17H14Cl2FNO4. The highest BCUT2D eigenvalue weighted by molar-refractivity contribution is 6.31. The Kier molecular flexibility index (Phi) is 6.61. The second-order valence-corrected chi connectivity index (χ2v) is 5.88. The van der Waals surface area contributed by atoms with Crippen LogP contribution in [0.3, 0.4) is 0 Å². The van der Waals surface area contributed by atoms with Crippen molar-refractivity contribution in [3.8, 4) is 5.75 Å². The van der Waals surface area contributed by atoms with Crippen molar-refractivity contribution in [1.82, 2.24) is 0 Å². The average Bonchev–Trinajstić information content (AvgIpc) is 2.56. The first-order valence-corrected chi connectivity index (χ1v) is 7.90. The van der Waals surface area contributed by atoms with E-state index in [1.165, 1.54) is 12.1 Å². The number of nitrogens with one attached hydrogen (secondary N) is 1. The lowest BCUT2D eigenvalue weighted by Crippen LogP contribution is -2.24. The average molecular weight is 386 g/mol. The van der Waals surface area contributed by atoms with Crippen molar-refractivity contribution in [2.45, 2.75) is 6.92 Å². The summed E-state index contributed by atoms with van der Waals surface area (Å²) in [6.45, 7) is 0.862. The van der Waals surface area contributed by atoms with Crippen LogP contribution in [0.25, 0.3) is 0 Å². The van der Waals surface area contributed by atoms with Crippen LogP contribution >= 0.6 is 23.2 Å². The normalized spacial score (nSPS) is 10.2. The van der Waals surface area contributed by atoms with Gasteiger partial charge in [0.2, 0.25) is 0 Å². The number of ether oxygens (including phenoxy) is 2. The molecule has 1 amide bonds. The first-order valence-electron chi connectivity index (χ1n) is 7.14. The Balaban J connectivity index is 1.77. The maximum absolute atomic E-state index is 13.5. The number of halogens is 3. The highest BCUT2D eigenvalue weighted by Crippen LogP contribution is 2.21. The number of esters is 1. The number of rotatable bonds is 6. The number of amides is 1. The largest absolute Gasteiger partial charge is 0.482 e. The van der Waals surface area contributed by atoms with Crippen molar-refractivity contribution in [1.29, 1.82) is 0 Å². The SMILES string of the molecule is Cc1cc(OCC(=O)OCC(=O)Nc2ccc(Cl)cc2F)ccc1Cl. The number of hydrogen-bond donors (Lipinski definition) is 1. The predicted octanol–water partition coefficient (Wildman–Crippen LogP) is 4.00. The molecule has 0 aliphatic carbocycles. The Morgan fingerprint density at radius 2 is 1.88 bits per heavy atom. The lowest BCUT2D eigenvalue weighted by molar-refractivity contribution is -0.149. The standard InChI is InChI=1S/C17H14Cl2FNO4/c1-10-6-12(3-4-13(10)19)24-9-17(23)25-8-16(22)21-15-5-2-11(18)7-14(15)20/h2-7H,8-9H2,1H3,(H,21,22). The second kappa shape index (κ2) is 8.69. The molecule has 25 heavy (non-hydrogen) atoms. The molecule has 1 N–H and O–H groups in total. The number of anilines is 1. The van der Waals surface area contributed by atoms with E-state index in [2.05, 4.69) is 5.32 Å². The van der Waals surface area contributed by atoms with Gasteiger partial charge in [0.15, 0.2) is 13.2 Å². The van der Waals surface area contributed by atoms with Crippen LogP contribution in [0.15, 0.2) is 36.4 Å². The fourth-order valence-corrected chi connectivity index (χ4v) is 2.09. The van der Waals surface area contributed by atoms with Gasteiger partial charge >= 0.3 is 5.97 Å². The van der Waals surface area contributed by atoms with Gasteiger partial charge in [-0.05, 0) is 48.9 Å². The third kappa shape index (κ3) is 5.92. The molecule has 0 radical (unpaired) electrons. The third-order valence-electron chi connectivity index (χ3n) is 3.06. The first kappa shape index (κ1) is 19.0. The van der Waals surface area contributed by atoms with Crippen LogP contribution in [-0.4, -0.2) is 25.1 Å². The molecule has 8 heteroatoms. The van der Waals surface area contributed by atoms with E-state index < -0.39 is 24.3 Å². The summed E-state index contributed by atoms with van der Waals surface area (Å²) in [5.41, 5.74) is 0.746. The van der Waals surface area contributed by atoms with Crippen LogP contribution in [0, 0.1) is 12.7 Å². The molecule has 0 saturated heterocycles. The summed E-state index contributed by atoms with van der Waals surface area (Å²) in [5.74, 6) is -1.66. The van der Waals surface area contributed by atoms with E-state index in [1.54, 1.807) is 25.1 Å². The molecule has 0 aromatic heterocycles. The Labute approximate surface area is 153 Å². The highest BCUT2D eigenvalue weighted by Gasteiger charge is 2.11. The van der Waals surface area contributed by atoms with Crippen LogP contribution in [-0.2, 0) is 14.3 Å². The maximum Gasteiger partial charge on any atom is 0.344 e. The van der Waals surface area contributed by atoms with Crippen molar-refractivity contribution in [3.63, 3.8) is 0 Å². The highest BCUT2D eigenvalue weighted by atomic mass is 35.5. The minimum atomic E-state index is -0.737. The van der Waals surface area contributed by atoms with Gasteiger partial charge in [-0.3, -0.25) is 4.79 Å². The lowest BCUT2D eigenvalue weighted by atomic mass is 10.2. The van der Waals surface area contributed by atoms with E-state index in [0.29, 0.717) is 10.8 Å². The van der Waals surface area contributed by atoms with Gasteiger partial charge in [0, 0.05) is 10.0 Å². The Morgan fingerprint density at radius 3 is 2.56 bits per heavy atom. The summed E-state index contributed by atoms with van der Waals surface area (Å²) in [6, 6.07) is 8.72. The monoisotopic (exact) mass is 385 g/mol. The van der Waals surface area contributed by atoms with Crippen molar-refractivity contribution in [2.24, 2.45) is 0 Å². The van der Waals surface area contributed by atoms with E-state index >= 15 is 0 Å². The summed E-state index contributed by atoms with van der Waals surface area (Å²) in [6.07, 6.45) is 0. The van der Waals surface area contributed by atoms with Gasteiger partial charge in [-0.15, -0.1) is 0 Å². The molecule has 5 nitrogen and oxygen atoms in total. The summed E-state index contributed by atoms with van der Waals surface area (Å²) < 4.78 is 23.6. The zero-order valence-electron chi connectivity index (χ0n) is 13.1. The molecule has 2 aromatic carbocycles. The number of hydrogen-bond acceptors (Lipinski definition) is 4. The Bertz CT molecular complexity index is 798. The molecule has 2 rings (SSSR count). The molecule has 0 bridgehead atoms. The molecule has 0 saturated carbocycles. The van der Waals surface area contributed by atoms with Gasteiger partial charge in [-0.1, -0.05) is 23.2 Å². The minimum Gasteiger partial charge on any atom is -0.482 e. The van der Waals surface area contributed by atoms with Crippen LogP contribution in [0.4, 0.5) is 10.1 Å². The summed E-state index contributed by atoms with van der Waals surface area (Å²) in [4.78, 5) is 23.3. The number of carbonyl (C=O) groups excluding carboxylic acids is 2. The van der Waals surface area contributed by atoms with E-state index in [9.17, 15) is 14.0 Å². The zero-order valence-corrected chi connectivity index (χ0v) is 14.7. The molecule has 0 aliphatic heterocycles. The number of aryl methyl sites for hydroxylation is 1. The molecule has 0 heterocycles. The lowest BCUT2D eigenvalue weighted by Gasteiger charge is -2.09. The fourth-order valence-electron chi connectivity index (χ4n) is 1.81. The number of carbonyl (C=O) groups is 2. The van der Waals surface area contributed by atoms with Crippen molar-refractivity contribution in [2.75, 3.05) is 18.5 Å². The summed E-state index contributed by atoms with van der Waals surface area (Å²) in [7, 11) is 0. The molecule has 0 unspecified atom stereocenters. The van der Waals surface area contributed by atoms with Crippen LogP contribution < -0.4 is 10.1 Å². The number of benzene rings is 2. The van der Waals surface area contributed by atoms with E-state index in [1.807, 2.05) is 0 Å². The Hall–Kier alpha value is -2.31. The smallest absolute Gasteiger partial charge is 0.344 e. The molecule has 0 aliphatic rings. The molecule has 0 fully saturated rings. The maximum atomic E-state index is 13.5. The van der Waals surface area contributed by atoms with Gasteiger partial charge in [0.25, 0.3) is 5.91 Å². The second-order valence-electron chi connectivity index (χ2n) is 5.03. The van der Waals surface area contributed by atoms with Crippen LogP contribution in [0.5, 0.6) is 5.75 Å². The summed E-state index contributed by atoms with van der Waals surface area (Å²) >= 11 is 11.5. The van der Waals surface area contributed by atoms with Crippen LogP contribution in [0.1, 0.15) is 5.56 Å². The molecule has 2 aromatic rings. The van der Waals surface area contributed by atoms with Crippen molar-refractivity contribution in [3.05, 3.63) is 57.8 Å². The minimum absolute atomic E-state index is 0.0571. The van der Waals surface area contributed by atoms with Gasteiger partial charge in [0.05, 0.1) is 5.69 Å². The molecule has 0 atom stereocenters. The van der Waals surface area contributed by atoms with E-state index in [-0.39, 0.29) is 17.3 Å². The van der Waals surface area contributed by atoms with Gasteiger partial charge in [-0.2, -0.15) is 0 Å². The summed E-state index contributed by atoms with van der Waals surface area (Å²) in [5, 5.41) is 3.06. The predicted molar refractivity (Wildman–Crippen MR) is 92.7 cm³/mol. The third-order valence-corrected chi connectivity index (χ3v) is 3.71. The molecular weight excluding hydrogens is 372 g/mol. The molecule has 0 spiro atoms. The van der Waals surface area contributed by atoms with E-state index in [4.69, 9.17) is 32.7 Å². The quantitative estimate of drug-likeness (QED) is 0.763. The van der Waals surface area contributed by atoms with Gasteiger partial charge in [-0.25, -0.2) is 9.18 Å².